The summed E-state index contributed by atoms with van der Waals surface area (Å²) in [5.41, 5.74) is 0.967. The predicted octanol–water partition coefficient (Wildman–Crippen LogP) is 3.32. The van der Waals surface area contributed by atoms with Crippen LogP contribution in [0.2, 0.25) is 0 Å². The van der Waals surface area contributed by atoms with Crippen LogP contribution in [0.1, 0.15) is 39.0 Å². The van der Waals surface area contributed by atoms with Gasteiger partial charge in [-0.15, -0.1) is 0 Å². The van der Waals surface area contributed by atoms with Gasteiger partial charge in [0.1, 0.15) is 0 Å². The second-order valence-corrected chi connectivity index (χ2v) is 7.93. The molecule has 0 saturated heterocycles. The molecule has 118 valence electrons. The van der Waals surface area contributed by atoms with Gasteiger partial charge in [0.2, 0.25) is 10.0 Å². The average Bonchev–Trinajstić information content (AvgIpc) is 2.98. The lowest BCUT2D eigenvalue weighted by atomic mass is 10.1. The van der Waals surface area contributed by atoms with E-state index in [1.807, 2.05) is 12.1 Å². The van der Waals surface area contributed by atoms with Gasteiger partial charge in [-0.25, -0.2) is 12.7 Å². The molecule has 0 heterocycles. The molecule has 1 aromatic rings. The Morgan fingerprint density at radius 2 is 1.81 bits per heavy atom. The van der Waals surface area contributed by atoms with E-state index >= 15 is 0 Å². The summed E-state index contributed by atoms with van der Waals surface area (Å²) >= 11 is 0. The molecule has 5 heteroatoms. The van der Waals surface area contributed by atoms with Crippen molar-refractivity contribution in [3.05, 3.63) is 24.3 Å². The maximum absolute atomic E-state index is 12.6. The number of nitrogens with zero attached hydrogens (tertiary/aromatic N) is 1. The molecular weight excluding hydrogens is 284 g/mol. The lowest BCUT2D eigenvalue weighted by Crippen LogP contribution is -2.31. The molecule has 0 aromatic heterocycles. The Kier molecular flexibility index (Phi) is 5.65. The minimum absolute atomic E-state index is 0.380. The molecular formula is C16H26N2O2S. The Morgan fingerprint density at radius 1 is 1.19 bits per heavy atom. The van der Waals surface area contributed by atoms with Gasteiger partial charge in [-0.3, -0.25) is 0 Å². The maximum Gasteiger partial charge on any atom is 0.242 e. The molecule has 4 nitrogen and oxygen atoms in total. The van der Waals surface area contributed by atoms with Gasteiger partial charge < -0.3 is 5.32 Å². The molecule has 2 rings (SSSR count). The molecule has 1 N–H and O–H groups in total. The Balaban J connectivity index is 2.03. The standard InChI is InChI=1S/C16H26N2O2S/c1-3-12-17-15-8-10-16(11-9-15)21(19,20)18(2)13-14-6-4-5-7-14/h8-11,14,17H,3-7,12-13H2,1-2H3. The molecule has 0 amide bonds. The molecule has 1 fully saturated rings. The summed E-state index contributed by atoms with van der Waals surface area (Å²) in [6, 6.07) is 7.06. The third-order valence-electron chi connectivity index (χ3n) is 4.13. The number of hydrogen-bond acceptors (Lipinski definition) is 3. The zero-order valence-corrected chi connectivity index (χ0v) is 13.8. The smallest absolute Gasteiger partial charge is 0.242 e. The van der Waals surface area contributed by atoms with Crippen LogP contribution in [-0.2, 0) is 10.0 Å². The summed E-state index contributed by atoms with van der Waals surface area (Å²) in [5, 5.41) is 3.25. The molecule has 0 spiro atoms. The van der Waals surface area contributed by atoms with Crippen molar-refractivity contribution >= 4 is 15.7 Å². The normalized spacial score (nSPS) is 16.5. The summed E-state index contributed by atoms with van der Waals surface area (Å²) < 4.78 is 26.6. The van der Waals surface area contributed by atoms with Crippen LogP contribution in [-0.4, -0.2) is 32.9 Å². The summed E-state index contributed by atoms with van der Waals surface area (Å²) in [4.78, 5) is 0.380. The Labute approximate surface area is 128 Å². The Hall–Kier alpha value is -1.07. The van der Waals surface area contributed by atoms with Gasteiger partial charge in [0.15, 0.2) is 0 Å². The molecule has 0 atom stereocenters. The maximum atomic E-state index is 12.6. The van der Waals surface area contributed by atoms with Crippen molar-refractivity contribution in [1.29, 1.82) is 0 Å². The fraction of sp³-hybridized carbons (Fsp3) is 0.625. The summed E-state index contributed by atoms with van der Waals surface area (Å²) in [5.74, 6) is 0.523. The number of anilines is 1. The number of benzene rings is 1. The van der Waals surface area contributed by atoms with E-state index in [0.29, 0.717) is 17.4 Å². The monoisotopic (exact) mass is 310 g/mol. The van der Waals surface area contributed by atoms with Crippen LogP contribution >= 0.6 is 0 Å². The third kappa shape index (κ3) is 4.20. The first-order chi connectivity index (χ1) is 10.0. The van der Waals surface area contributed by atoms with Crippen molar-refractivity contribution in [2.24, 2.45) is 5.92 Å². The van der Waals surface area contributed by atoms with Gasteiger partial charge in [-0.05, 0) is 49.4 Å². The minimum atomic E-state index is -3.36. The van der Waals surface area contributed by atoms with Crippen LogP contribution < -0.4 is 5.32 Å². The van der Waals surface area contributed by atoms with E-state index in [4.69, 9.17) is 0 Å². The number of rotatable bonds is 7. The van der Waals surface area contributed by atoms with Crippen molar-refractivity contribution < 1.29 is 8.42 Å². The highest BCUT2D eigenvalue weighted by molar-refractivity contribution is 7.89. The summed E-state index contributed by atoms with van der Waals surface area (Å²) in [6.45, 7) is 3.63. The van der Waals surface area contributed by atoms with Crippen molar-refractivity contribution in [2.45, 2.75) is 43.9 Å². The SMILES string of the molecule is CCCNc1ccc(S(=O)(=O)N(C)CC2CCCC2)cc1. The Bertz CT molecular complexity index is 534. The van der Waals surface area contributed by atoms with E-state index in [1.54, 1.807) is 19.2 Å². The average molecular weight is 310 g/mol. The van der Waals surface area contributed by atoms with E-state index in [2.05, 4.69) is 12.2 Å². The zero-order chi connectivity index (χ0) is 15.3. The zero-order valence-electron chi connectivity index (χ0n) is 13.0. The van der Waals surface area contributed by atoms with Crippen LogP contribution in [0.4, 0.5) is 5.69 Å². The van der Waals surface area contributed by atoms with Gasteiger partial charge in [0.05, 0.1) is 4.90 Å². The predicted molar refractivity (Wildman–Crippen MR) is 87.0 cm³/mol. The molecule has 0 radical (unpaired) electrons. The van der Waals surface area contributed by atoms with E-state index in [9.17, 15) is 8.42 Å². The molecule has 0 unspecified atom stereocenters. The van der Waals surface area contributed by atoms with Crippen molar-refractivity contribution in [1.82, 2.24) is 4.31 Å². The highest BCUT2D eigenvalue weighted by atomic mass is 32.2. The molecule has 0 aliphatic heterocycles. The van der Waals surface area contributed by atoms with Crippen molar-refractivity contribution in [2.75, 3.05) is 25.5 Å². The molecule has 0 bridgehead atoms. The van der Waals surface area contributed by atoms with Crippen LogP contribution in [0.15, 0.2) is 29.2 Å². The number of hydrogen-bond donors (Lipinski definition) is 1. The fourth-order valence-corrected chi connectivity index (χ4v) is 4.10. The quantitative estimate of drug-likeness (QED) is 0.840. The van der Waals surface area contributed by atoms with Gasteiger partial charge in [-0.2, -0.15) is 0 Å². The van der Waals surface area contributed by atoms with E-state index in [1.165, 1.54) is 17.1 Å². The third-order valence-corrected chi connectivity index (χ3v) is 5.97. The summed E-state index contributed by atoms with van der Waals surface area (Å²) in [6.07, 6.45) is 5.82. The number of nitrogens with one attached hydrogen (secondary N) is 1. The second-order valence-electron chi connectivity index (χ2n) is 5.89. The second kappa shape index (κ2) is 7.27. The first kappa shape index (κ1) is 16.3. The molecule has 1 aliphatic carbocycles. The van der Waals surface area contributed by atoms with Crippen LogP contribution in [0.25, 0.3) is 0 Å². The van der Waals surface area contributed by atoms with Crippen molar-refractivity contribution in [3.8, 4) is 0 Å². The first-order valence-corrected chi connectivity index (χ1v) is 9.28. The first-order valence-electron chi connectivity index (χ1n) is 7.84. The molecule has 21 heavy (non-hydrogen) atoms. The Morgan fingerprint density at radius 3 is 2.38 bits per heavy atom. The molecule has 1 saturated carbocycles. The van der Waals surface area contributed by atoms with E-state index < -0.39 is 10.0 Å². The highest BCUT2D eigenvalue weighted by Gasteiger charge is 2.25. The fourth-order valence-electron chi connectivity index (χ4n) is 2.85. The van der Waals surface area contributed by atoms with E-state index in [0.717, 1.165) is 31.5 Å². The lowest BCUT2D eigenvalue weighted by Gasteiger charge is -2.21. The molecule has 1 aliphatic rings. The summed E-state index contributed by atoms with van der Waals surface area (Å²) in [7, 11) is -1.67. The van der Waals surface area contributed by atoms with Crippen molar-refractivity contribution in [3.63, 3.8) is 0 Å². The number of sulfonamides is 1. The topological polar surface area (TPSA) is 49.4 Å². The highest BCUT2D eigenvalue weighted by Crippen LogP contribution is 2.27. The van der Waals surface area contributed by atoms with Crippen LogP contribution in [0.5, 0.6) is 0 Å². The largest absolute Gasteiger partial charge is 0.385 e. The van der Waals surface area contributed by atoms with E-state index in [-0.39, 0.29) is 0 Å². The van der Waals surface area contributed by atoms with Crippen LogP contribution in [0.3, 0.4) is 0 Å². The minimum Gasteiger partial charge on any atom is -0.385 e. The van der Waals surface area contributed by atoms with Gasteiger partial charge >= 0.3 is 0 Å². The van der Waals surface area contributed by atoms with Gasteiger partial charge in [-0.1, -0.05) is 19.8 Å². The lowest BCUT2D eigenvalue weighted by molar-refractivity contribution is 0.387. The van der Waals surface area contributed by atoms with Gasteiger partial charge in [0.25, 0.3) is 0 Å². The van der Waals surface area contributed by atoms with Crippen LogP contribution in [0, 0.1) is 5.92 Å². The molecule has 1 aromatic carbocycles. The van der Waals surface area contributed by atoms with Gasteiger partial charge in [0, 0.05) is 25.8 Å².